The first-order valence-corrected chi connectivity index (χ1v) is 7.37. The smallest absolute Gasteiger partial charge is 0.157 e. The van der Waals surface area contributed by atoms with E-state index in [1.165, 1.54) is 18.4 Å². The molecule has 1 aliphatic heterocycles. The predicted octanol–water partition coefficient (Wildman–Crippen LogP) is 4.11. The third-order valence-corrected chi connectivity index (χ3v) is 3.32. The van der Waals surface area contributed by atoms with E-state index < -0.39 is 0 Å². The van der Waals surface area contributed by atoms with Crippen LogP contribution < -0.4 is 0 Å². The largest absolute Gasteiger partial charge is 0.353 e. The third-order valence-electron chi connectivity index (χ3n) is 3.32. The Labute approximate surface area is 116 Å². The fourth-order valence-corrected chi connectivity index (χ4v) is 2.21. The maximum atomic E-state index is 5.69. The number of allylic oxidation sites excluding steroid dienone is 2. The Morgan fingerprint density at radius 2 is 2.05 bits per heavy atom. The van der Waals surface area contributed by atoms with Crippen LogP contribution in [0.25, 0.3) is 0 Å². The lowest BCUT2D eigenvalue weighted by atomic mass is 10.1. The van der Waals surface area contributed by atoms with Crippen LogP contribution in [0.3, 0.4) is 0 Å². The van der Waals surface area contributed by atoms with Gasteiger partial charge in [0.05, 0.1) is 6.61 Å². The van der Waals surface area contributed by atoms with E-state index in [4.69, 9.17) is 9.47 Å². The van der Waals surface area contributed by atoms with Crippen molar-refractivity contribution in [2.75, 3.05) is 13.2 Å². The molecule has 2 heteroatoms. The maximum Gasteiger partial charge on any atom is 0.157 e. The molecule has 104 valence electrons. The molecule has 1 fully saturated rings. The van der Waals surface area contributed by atoms with E-state index in [2.05, 4.69) is 42.5 Å². The predicted molar refractivity (Wildman–Crippen MR) is 78.1 cm³/mol. The quantitative estimate of drug-likeness (QED) is 0.542. The molecule has 2 rings (SSSR count). The molecule has 19 heavy (non-hydrogen) atoms. The van der Waals surface area contributed by atoms with Crippen molar-refractivity contribution >= 4 is 0 Å². The summed E-state index contributed by atoms with van der Waals surface area (Å²) in [5.41, 5.74) is 1.37. The van der Waals surface area contributed by atoms with E-state index in [0.29, 0.717) is 0 Å². The Kier molecular flexibility index (Phi) is 6.69. The lowest BCUT2D eigenvalue weighted by Crippen LogP contribution is -2.22. The molecule has 1 saturated heterocycles. The first kappa shape index (κ1) is 14.3. The van der Waals surface area contributed by atoms with E-state index in [-0.39, 0.29) is 6.29 Å². The van der Waals surface area contributed by atoms with Crippen LogP contribution in [0.1, 0.15) is 37.7 Å². The Hall–Kier alpha value is -1.12. The second kappa shape index (κ2) is 8.89. The summed E-state index contributed by atoms with van der Waals surface area (Å²) in [4.78, 5) is 0. The first-order chi connectivity index (χ1) is 9.45. The summed E-state index contributed by atoms with van der Waals surface area (Å²) in [6.07, 6.45) is 11.2. The van der Waals surface area contributed by atoms with Crippen LogP contribution in [-0.2, 0) is 15.9 Å². The molecule has 1 aliphatic rings. The highest BCUT2D eigenvalue weighted by atomic mass is 16.7. The van der Waals surface area contributed by atoms with Gasteiger partial charge in [-0.25, -0.2) is 0 Å². The summed E-state index contributed by atoms with van der Waals surface area (Å²) in [5.74, 6) is 0. The normalized spacial score (nSPS) is 19.9. The fraction of sp³-hybridized carbons (Fsp3) is 0.529. The molecule has 1 aromatic carbocycles. The lowest BCUT2D eigenvalue weighted by molar-refractivity contribution is -0.162. The van der Waals surface area contributed by atoms with Gasteiger partial charge in [-0.1, -0.05) is 42.5 Å². The Morgan fingerprint density at radius 1 is 1.16 bits per heavy atom. The topological polar surface area (TPSA) is 18.5 Å². The van der Waals surface area contributed by atoms with Crippen molar-refractivity contribution in [2.45, 2.75) is 44.8 Å². The van der Waals surface area contributed by atoms with Crippen molar-refractivity contribution in [1.82, 2.24) is 0 Å². The summed E-state index contributed by atoms with van der Waals surface area (Å²) >= 11 is 0. The van der Waals surface area contributed by atoms with Gasteiger partial charge in [-0.3, -0.25) is 0 Å². The molecule has 0 aliphatic carbocycles. The molecule has 0 aromatic heterocycles. The third kappa shape index (κ3) is 6.04. The monoisotopic (exact) mass is 260 g/mol. The zero-order valence-electron chi connectivity index (χ0n) is 11.6. The van der Waals surface area contributed by atoms with E-state index in [1.807, 2.05) is 0 Å². The van der Waals surface area contributed by atoms with Gasteiger partial charge in [-0.05, 0) is 44.1 Å². The molecular weight excluding hydrogens is 236 g/mol. The summed E-state index contributed by atoms with van der Waals surface area (Å²) in [6, 6.07) is 10.5. The SMILES string of the molecule is C(=CCc1ccccc1)CCCOC1CCCCO1. The van der Waals surface area contributed by atoms with Crippen LogP contribution in [-0.4, -0.2) is 19.5 Å². The second-order valence-corrected chi connectivity index (χ2v) is 4.97. The minimum atomic E-state index is 0.0575. The minimum absolute atomic E-state index is 0.0575. The highest BCUT2D eigenvalue weighted by Crippen LogP contribution is 2.14. The molecule has 1 heterocycles. The Bertz CT molecular complexity index is 353. The van der Waals surface area contributed by atoms with E-state index >= 15 is 0 Å². The number of ether oxygens (including phenoxy) is 2. The number of hydrogen-bond acceptors (Lipinski definition) is 2. The summed E-state index contributed by atoms with van der Waals surface area (Å²) in [7, 11) is 0. The molecule has 1 unspecified atom stereocenters. The molecule has 0 bridgehead atoms. The minimum Gasteiger partial charge on any atom is -0.353 e. The van der Waals surface area contributed by atoms with Gasteiger partial charge in [0, 0.05) is 6.61 Å². The number of unbranched alkanes of at least 4 members (excludes halogenated alkanes) is 1. The number of benzene rings is 1. The summed E-state index contributed by atoms with van der Waals surface area (Å²) < 4.78 is 11.2. The van der Waals surface area contributed by atoms with E-state index in [1.54, 1.807) is 0 Å². The fourth-order valence-electron chi connectivity index (χ4n) is 2.21. The standard InChI is InChI=1S/C17H24O2/c1(4-10-16-11-5-3-6-12-16)2-8-14-18-17-13-7-9-15-19-17/h1,3-6,11-12,17H,2,7-10,13-15H2. The zero-order chi connectivity index (χ0) is 13.2. The lowest BCUT2D eigenvalue weighted by Gasteiger charge is -2.22. The molecule has 1 atom stereocenters. The van der Waals surface area contributed by atoms with Gasteiger partial charge in [0.1, 0.15) is 0 Å². The highest BCUT2D eigenvalue weighted by Gasteiger charge is 2.12. The average Bonchev–Trinajstić information content (AvgIpc) is 2.48. The Balaban J connectivity index is 1.49. The first-order valence-electron chi connectivity index (χ1n) is 7.37. The van der Waals surface area contributed by atoms with Crippen LogP contribution in [0, 0.1) is 0 Å². The molecule has 2 nitrogen and oxygen atoms in total. The van der Waals surface area contributed by atoms with Gasteiger partial charge in [0.25, 0.3) is 0 Å². The average molecular weight is 260 g/mol. The maximum absolute atomic E-state index is 5.69. The van der Waals surface area contributed by atoms with Crippen LogP contribution >= 0.6 is 0 Å². The molecule has 0 amide bonds. The number of rotatable bonds is 7. The van der Waals surface area contributed by atoms with Crippen molar-refractivity contribution in [2.24, 2.45) is 0 Å². The highest BCUT2D eigenvalue weighted by molar-refractivity contribution is 5.17. The second-order valence-electron chi connectivity index (χ2n) is 4.97. The van der Waals surface area contributed by atoms with Gasteiger partial charge >= 0.3 is 0 Å². The van der Waals surface area contributed by atoms with Gasteiger partial charge in [0.2, 0.25) is 0 Å². The molecule has 0 N–H and O–H groups in total. The number of hydrogen-bond donors (Lipinski definition) is 0. The summed E-state index contributed by atoms with van der Waals surface area (Å²) in [5, 5.41) is 0. The van der Waals surface area contributed by atoms with E-state index in [0.717, 1.165) is 38.9 Å². The molecular formula is C17H24O2. The van der Waals surface area contributed by atoms with Crippen molar-refractivity contribution < 1.29 is 9.47 Å². The van der Waals surface area contributed by atoms with Crippen LogP contribution in [0.2, 0.25) is 0 Å². The van der Waals surface area contributed by atoms with Crippen molar-refractivity contribution in [3.05, 3.63) is 48.0 Å². The Morgan fingerprint density at radius 3 is 2.84 bits per heavy atom. The van der Waals surface area contributed by atoms with Crippen LogP contribution in [0.5, 0.6) is 0 Å². The van der Waals surface area contributed by atoms with E-state index in [9.17, 15) is 0 Å². The van der Waals surface area contributed by atoms with Gasteiger partial charge in [-0.2, -0.15) is 0 Å². The summed E-state index contributed by atoms with van der Waals surface area (Å²) in [6.45, 7) is 1.67. The molecule has 0 spiro atoms. The van der Waals surface area contributed by atoms with Crippen molar-refractivity contribution in [3.8, 4) is 0 Å². The molecule has 0 radical (unpaired) electrons. The van der Waals surface area contributed by atoms with Crippen molar-refractivity contribution in [1.29, 1.82) is 0 Å². The van der Waals surface area contributed by atoms with Gasteiger partial charge in [0.15, 0.2) is 6.29 Å². The van der Waals surface area contributed by atoms with Gasteiger partial charge in [-0.15, -0.1) is 0 Å². The van der Waals surface area contributed by atoms with Crippen LogP contribution in [0.15, 0.2) is 42.5 Å². The van der Waals surface area contributed by atoms with Gasteiger partial charge < -0.3 is 9.47 Å². The molecule has 1 aromatic rings. The van der Waals surface area contributed by atoms with Crippen molar-refractivity contribution in [3.63, 3.8) is 0 Å². The van der Waals surface area contributed by atoms with Crippen LogP contribution in [0.4, 0.5) is 0 Å². The zero-order valence-corrected chi connectivity index (χ0v) is 11.6. The molecule has 0 saturated carbocycles.